The highest BCUT2D eigenvalue weighted by molar-refractivity contribution is 6.04. The summed E-state index contributed by atoms with van der Waals surface area (Å²) in [6, 6.07) is 2.81. The molecule has 9 heteroatoms. The molecule has 0 bridgehead atoms. The lowest BCUT2D eigenvalue weighted by atomic mass is 9.84. The largest absolute Gasteiger partial charge is 0.476 e. The molecule has 2 saturated heterocycles. The normalized spacial score (nSPS) is 27.7. The summed E-state index contributed by atoms with van der Waals surface area (Å²) in [6.45, 7) is -0.0968. The van der Waals surface area contributed by atoms with Crippen LogP contribution in [0.1, 0.15) is 37.8 Å². The summed E-state index contributed by atoms with van der Waals surface area (Å²) in [4.78, 5) is 31.6. The molecule has 0 unspecified atom stereocenters. The molecule has 146 valence electrons. The third kappa shape index (κ3) is 3.23. The molecule has 4 rings (SSSR count). The minimum absolute atomic E-state index is 0.0000210. The van der Waals surface area contributed by atoms with Gasteiger partial charge in [-0.25, -0.2) is 9.78 Å². The Morgan fingerprint density at radius 1 is 1.19 bits per heavy atom. The SMILES string of the molecule is O=C1[C@@H]2C[C@@H]3CCCC[C@@H]3N2C(=O)N1CCOc1cccc(C(F)(F)F)n1. The molecule has 0 aromatic carbocycles. The third-order valence-corrected chi connectivity index (χ3v) is 5.67. The predicted octanol–water partition coefficient (Wildman–Crippen LogP) is 3.07. The van der Waals surface area contributed by atoms with E-state index in [-0.39, 0.29) is 37.0 Å². The highest BCUT2D eigenvalue weighted by Gasteiger charge is 2.55. The molecule has 3 heterocycles. The monoisotopic (exact) mass is 383 g/mol. The second-order valence-corrected chi connectivity index (χ2v) is 7.25. The molecule has 0 spiro atoms. The van der Waals surface area contributed by atoms with E-state index in [1.807, 2.05) is 0 Å². The molecule has 27 heavy (non-hydrogen) atoms. The Balaban J connectivity index is 1.37. The summed E-state index contributed by atoms with van der Waals surface area (Å²) in [5.74, 6) is -0.00359. The Morgan fingerprint density at radius 3 is 2.74 bits per heavy atom. The maximum absolute atomic E-state index is 12.7. The number of halogens is 3. The average Bonchev–Trinajstić information content (AvgIpc) is 3.13. The molecular formula is C18H20F3N3O3. The van der Waals surface area contributed by atoms with E-state index < -0.39 is 17.9 Å². The fourth-order valence-corrected chi connectivity index (χ4v) is 4.47. The molecule has 3 atom stereocenters. The lowest BCUT2D eigenvalue weighted by Gasteiger charge is -2.30. The summed E-state index contributed by atoms with van der Waals surface area (Å²) in [6.07, 6.45) is 0.354. The van der Waals surface area contributed by atoms with Crippen LogP contribution in [0.15, 0.2) is 18.2 Å². The summed E-state index contributed by atoms with van der Waals surface area (Å²) in [5, 5.41) is 0. The topological polar surface area (TPSA) is 62.7 Å². The van der Waals surface area contributed by atoms with Gasteiger partial charge in [-0.15, -0.1) is 0 Å². The van der Waals surface area contributed by atoms with Gasteiger partial charge in [-0.3, -0.25) is 9.69 Å². The Kier molecular flexibility index (Phi) is 4.47. The number of nitrogens with zero attached hydrogens (tertiary/aromatic N) is 3. The van der Waals surface area contributed by atoms with Crippen molar-refractivity contribution in [2.24, 2.45) is 5.92 Å². The van der Waals surface area contributed by atoms with Crippen LogP contribution in [-0.4, -0.2) is 52.0 Å². The molecule has 1 aromatic heterocycles. The number of pyridine rings is 1. The molecule has 1 aliphatic carbocycles. The maximum Gasteiger partial charge on any atom is 0.433 e. The van der Waals surface area contributed by atoms with Gasteiger partial charge in [-0.2, -0.15) is 13.2 Å². The van der Waals surface area contributed by atoms with Gasteiger partial charge in [0.25, 0.3) is 5.91 Å². The first kappa shape index (κ1) is 18.1. The van der Waals surface area contributed by atoms with E-state index in [9.17, 15) is 22.8 Å². The quantitative estimate of drug-likeness (QED) is 0.750. The van der Waals surface area contributed by atoms with Crippen LogP contribution >= 0.6 is 0 Å². The van der Waals surface area contributed by atoms with Gasteiger partial charge in [0.05, 0.1) is 6.54 Å². The zero-order valence-electron chi connectivity index (χ0n) is 14.6. The first-order valence-electron chi connectivity index (χ1n) is 9.17. The van der Waals surface area contributed by atoms with Crippen LogP contribution in [0.4, 0.5) is 18.0 Å². The van der Waals surface area contributed by atoms with Crippen molar-refractivity contribution in [3.63, 3.8) is 0 Å². The molecule has 3 fully saturated rings. The lowest BCUT2D eigenvalue weighted by molar-refractivity contribution is -0.141. The minimum atomic E-state index is -4.55. The van der Waals surface area contributed by atoms with E-state index in [0.717, 1.165) is 36.6 Å². The van der Waals surface area contributed by atoms with Gasteiger partial charge in [-0.05, 0) is 31.2 Å². The van der Waals surface area contributed by atoms with E-state index >= 15 is 0 Å². The summed E-state index contributed by atoms with van der Waals surface area (Å²) < 4.78 is 43.3. The number of ether oxygens (including phenoxy) is 1. The number of imide groups is 1. The van der Waals surface area contributed by atoms with Gasteiger partial charge in [0.2, 0.25) is 5.88 Å². The van der Waals surface area contributed by atoms with E-state index in [0.29, 0.717) is 12.3 Å². The van der Waals surface area contributed by atoms with Crippen LogP contribution in [0.25, 0.3) is 0 Å². The van der Waals surface area contributed by atoms with Crippen molar-refractivity contribution < 1.29 is 27.5 Å². The van der Waals surface area contributed by atoms with Gasteiger partial charge in [0.1, 0.15) is 18.3 Å². The van der Waals surface area contributed by atoms with Crippen molar-refractivity contribution >= 4 is 11.9 Å². The summed E-state index contributed by atoms with van der Waals surface area (Å²) >= 11 is 0. The smallest absolute Gasteiger partial charge is 0.433 e. The average molecular weight is 383 g/mol. The second kappa shape index (κ2) is 6.69. The van der Waals surface area contributed by atoms with Crippen molar-refractivity contribution in [3.05, 3.63) is 23.9 Å². The number of alkyl halides is 3. The van der Waals surface area contributed by atoms with E-state index in [1.54, 1.807) is 4.90 Å². The van der Waals surface area contributed by atoms with Gasteiger partial charge < -0.3 is 9.64 Å². The predicted molar refractivity (Wildman–Crippen MR) is 87.8 cm³/mol. The Hall–Kier alpha value is -2.32. The summed E-state index contributed by atoms with van der Waals surface area (Å²) in [7, 11) is 0. The Labute approximate surface area is 154 Å². The number of amides is 3. The molecule has 0 N–H and O–H groups in total. The molecule has 1 saturated carbocycles. The minimum Gasteiger partial charge on any atom is -0.476 e. The number of urea groups is 1. The number of carbonyl (C=O) groups excluding carboxylic acids is 2. The molecule has 3 aliphatic rings. The van der Waals surface area contributed by atoms with Crippen LogP contribution < -0.4 is 4.74 Å². The van der Waals surface area contributed by atoms with Crippen LogP contribution in [0.2, 0.25) is 0 Å². The number of aromatic nitrogens is 1. The molecule has 1 aromatic rings. The van der Waals surface area contributed by atoms with Gasteiger partial charge >= 0.3 is 12.2 Å². The fraction of sp³-hybridized carbons (Fsp3) is 0.611. The highest BCUT2D eigenvalue weighted by Crippen LogP contribution is 2.43. The third-order valence-electron chi connectivity index (χ3n) is 5.67. The lowest BCUT2D eigenvalue weighted by Crippen LogP contribution is -2.42. The number of hydrogen-bond donors (Lipinski definition) is 0. The zero-order valence-corrected chi connectivity index (χ0v) is 14.6. The van der Waals surface area contributed by atoms with Crippen molar-refractivity contribution in [3.8, 4) is 5.88 Å². The van der Waals surface area contributed by atoms with Crippen molar-refractivity contribution in [2.45, 2.75) is 50.4 Å². The van der Waals surface area contributed by atoms with Gasteiger partial charge in [-0.1, -0.05) is 18.9 Å². The molecule has 3 amide bonds. The summed E-state index contributed by atoms with van der Waals surface area (Å²) in [5.41, 5.74) is -1.04. The Bertz CT molecular complexity index is 755. The highest BCUT2D eigenvalue weighted by atomic mass is 19.4. The molecule has 6 nitrogen and oxygen atoms in total. The van der Waals surface area contributed by atoms with Gasteiger partial charge in [0.15, 0.2) is 0 Å². The first-order chi connectivity index (χ1) is 12.9. The number of rotatable bonds is 4. The number of hydrogen-bond acceptors (Lipinski definition) is 4. The van der Waals surface area contributed by atoms with Gasteiger partial charge in [0, 0.05) is 12.1 Å². The van der Waals surface area contributed by atoms with E-state index in [4.69, 9.17) is 4.74 Å². The van der Waals surface area contributed by atoms with Crippen LogP contribution in [0, 0.1) is 5.92 Å². The second-order valence-electron chi connectivity index (χ2n) is 7.25. The van der Waals surface area contributed by atoms with Crippen molar-refractivity contribution in [2.75, 3.05) is 13.2 Å². The van der Waals surface area contributed by atoms with Crippen molar-refractivity contribution in [1.82, 2.24) is 14.8 Å². The number of carbonyl (C=O) groups is 2. The fourth-order valence-electron chi connectivity index (χ4n) is 4.47. The number of fused-ring (bicyclic) bond motifs is 3. The van der Waals surface area contributed by atoms with E-state index in [1.165, 1.54) is 12.1 Å². The molecular weight excluding hydrogens is 363 g/mol. The van der Waals surface area contributed by atoms with Crippen LogP contribution in [-0.2, 0) is 11.0 Å². The maximum atomic E-state index is 12.7. The zero-order chi connectivity index (χ0) is 19.2. The standard InChI is InChI=1S/C18H20F3N3O3/c19-18(20,21)14-6-3-7-15(22-14)27-9-8-23-16(25)13-10-11-4-1-2-5-12(11)24(13)17(23)26/h3,6-7,11-13H,1-2,4-5,8-10H2/t11-,12-,13-/m0/s1. The van der Waals surface area contributed by atoms with Crippen LogP contribution in [0.3, 0.4) is 0 Å². The first-order valence-corrected chi connectivity index (χ1v) is 9.17. The van der Waals surface area contributed by atoms with Crippen LogP contribution in [0.5, 0.6) is 5.88 Å². The van der Waals surface area contributed by atoms with Crippen molar-refractivity contribution in [1.29, 1.82) is 0 Å². The Morgan fingerprint density at radius 2 is 1.96 bits per heavy atom. The van der Waals surface area contributed by atoms with E-state index in [2.05, 4.69) is 4.98 Å². The molecule has 2 aliphatic heterocycles. The molecule has 0 radical (unpaired) electrons.